The van der Waals surface area contributed by atoms with Gasteiger partial charge in [-0.05, 0) is 19.1 Å². The number of nitrogens with two attached hydrogens (primary N) is 2. The third kappa shape index (κ3) is 2.81. The van der Waals surface area contributed by atoms with Crippen molar-refractivity contribution >= 4 is 22.5 Å². The minimum absolute atomic E-state index is 0.499. The average Bonchev–Trinajstić information content (AvgIpc) is 2.17. The van der Waals surface area contributed by atoms with Crippen molar-refractivity contribution in [3.63, 3.8) is 0 Å². The summed E-state index contributed by atoms with van der Waals surface area (Å²) in [5, 5.41) is 0. The van der Waals surface area contributed by atoms with E-state index in [2.05, 4.69) is 11.6 Å². The largest absolute Gasteiger partial charge is 0.404 e. The summed E-state index contributed by atoms with van der Waals surface area (Å²) >= 11 is 1.48. The Morgan fingerprint density at radius 3 is 2.86 bits per heavy atom. The number of thioether (sulfide) groups is 1. The molecule has 0 aromatic carbocycles. The van der Waals surface area contributed by atoms with Gasteiger partial charge < -0.3 is 11.5 Å². The molecule has 0 aliphatic carbocycles. The second-order valence-electron chi connectivity index (χ2n) is 2.75. The highest BCUT2D eigenvalue weighted by atomic mass is 32.2. The lowest BCUT2D eigenvalue weighted by Crippen LogP contribution is -1.92. The summed E-state index contributed by atoms with van der Waals surface area (Å²) in [6, 6.07) is 5.47. The van der Waals surface area contributed by atoms with Crippen LogP contribution in [0, 0.1) is 0 Å². The molecule has 4 heteroatoms. The first-order chi connectivity index (χ1) is 6.63. The lowest BCUT2D eigenvalue weighted by molar-refractivity contribution is 1.30. The van der Waals surface area contributed by atoms with Crippen LogP contribution in [-0.4, -0.2) is 4.98 Å². The van der Waals surface area contributed by atoms with Crippen molar-refractivity contribution in [1.82, 2.24) is 4.98 Å². The van der Waals surface area contributed by atoms with E-state index in [1.807, 2.05) is 19.1 Å². The number of rotatable bonds is 3. The van der Waals surface area contributed by atoms with Gasteiger partial charge in [0.25, 0.3) is 0 Å². The Bertz CT molecular complexity index is 371. The Balaban J connectivity index is 2.80. The van der Waals surface area contributed by atoms with E-state index in [1.165, 1.54) is 11.8 Å². The monoisotopic (exact) mass is 207 g/mol. The first-order valence-corrected chi connectivity index (χ1v) is 4.93. The predicted octanol–water partition coefficient (Wildman–Crippen LogP) is 2.19. The van der Waals surface area contributed by atoms with Crippen LogP contribution >= 0.6 is 11.8 Å². The first-order valence-electron chi connectivity index (χ1n) is 4.11. The molecule has 1 rings (SSSR count). The van der Waals surface area contributed by atoms with E-state index >= 15 is 0 Å². The lowest BCUT2D eigenvalue weighted by atomic mass is 10.3. The van der Waals surface area contributed by atoms with Gasteiger partial charge >= 0.3 is 0 Å². The number of allylic oxidation sites excluding steroid dienone is 1. The van der Waals surface area contributed by atoms with Crippen LogP contribution in [0.3, 0.4) is 0 Å². The third-order valence-electron chi connectivity index (χ3n) is 1.58. The second-order valence-corrected chi connectivity index (χ2v) is 4.09. The average molecular weight is 207 g/mol. The topological polar surface area (TPSA) is 64.9 Å². The van der Waals surface area contributed by atoms with Gasteiger partial charge in [-0.2, -0.15) is 0 Å². The summed E-state index contributed by atoms with van der Waals surface area (Å²) in [7, 11) is 0. The van der Waals surface area contributed by atoms with Crippen molar-refractivity contribution in [1.29, 1.82) is 0 Å². The first kappa shape index (κ1) is 10.7. The zero-order chi connectivity index (χ0) is 10.6. The van der Waals surface area contributed by atoms with E-state index in [0.29, 0.717) is 5.82 Å². The summed E-state index contributed by atoms with van der Waals surface area (Å²) in [6.07, 6.45) is 1.54. The van der Waals surface area contributed by atoms with Crippen LogP contribution in [0.1, 0.15) is 12.6 Å². The minimum Gasteiger partial charge on any atom is -0.404 e. The summed E-state index contributed by atoms with van der Waals surface area (Å²) in [5.41, 5.74) is 11.7. The number of anilines is 1. The fraction of sp³-hybridized carbons (Fsp3) is 0.100. The molecular weight excluding hydrogens is 194 g/mol. The molecule has 3 nitrogen and oxygen atoms in total. The number of aromatic nitrogens is 1. The predicted molar refractivity (Wildman–Crippen MR) is 63.2 cm³/mol. The van der Waals surface area contributed by atoms with E-state index in [1.54, 1.807) is 12.3 Å². The fourth-order valence-corrected chi connectivity index (χ4v) is 1.56. The maximum absolute atomic E-state index is 5.56. The van der Waals surface area contributed by atoms with Gasteiger partial charge in [-0.25, -0.2) is 4.98 Å². The zero-order valence-corrected chi connectivity index (χ0v) is 8.84. The molecule has 0 spiro atoms. The van der Waals surface area contributed by atoms with Crippen molar-refractivity contribution in [3.05, 3.63) is 41.6 Å². The van der Waals surface area contributed by atoms with Crippen LogP contribution in [0.2, 0.25) is 0 Å². The van der Waals surface area contributed by atoms with E-state index in [-0.39, 0.29) is 0 Å². The quantitative estimate of drug-likeness (QED) is 0.797. The highest BCUT2D eigenvalue weighted by Gasteiger charge is 2.02. The van der Waals surface area contributed by atoms with E-state index < -0.39 is 0 Å². The van der Waals surface area contributed by atoms with Crippen molar-refractivity contribution in [3.8, 4) is 0 Å². The maximum Gasteiger partial charge on any atom is 0.124 e. The molecule has 0 saturated carbocycles. The number of nitrogen functional groups attached to an aromatic ring is 1. The molecule has 0 bridgehead atoms. The van der Waals surface area contributed by atoms with E-state index in [4.69, 9.17) is 11.5 Å². The molecular formula is C10H13N3S. The second kappa shape index (κ2) is 4.72. The van der Waals surface area contributed by atoms with Crippen molar-refractivity contribution < 1.29 is 0 Å². The minimum atomic E-state index is 0.499. The Morgan fingerprint density at radius 2 is 2.29 bits per heavy atom. The molecule has 14 heavy (non-hydrogen) atoms. The summed E-state index contributed by atoms with van der Waals surface area (Å²) in [5.74, 6) is 0.499. The summed E-state index contributed by atoms with van der Waals surface area (Å²) in [4.78, 5) is 5.98. The van der Waals surface area contributed by atoms with Crippen molar-refractivity contribution in [2.24, 2.45) is 5.73 Å². The van der Waals surface area contributed by atoms with Crippen LogP contribution in [0.15, 0.2) is 35.9 Å². The standard InChI is InChI=1S/C10H13N3S/c1-7(6-11)14-8(2)9-4-3-5-10(12)13-9/h3-6H,2,11H2,1H3,(H2,12,13)/b7-6-. The molecule has 0 amide bonds. The molecule has 74 valence electrons. The lowest BCUT2D eigenvalue weighted by Gasteiger charge is -2.04. The van der Waals surface area contributed by atoms with Gasteiger partial charge in [-0.15, -0.1) is 0 Å². The highest BCUT2D eigenvalue weighted by molar-refractivity contribution is 8.11. The van der Waals surface area contributed by atoms with Crippen LogP contribution in [0.25, 0.3) is 4.91 Å². The molecule has 1 heterocycles. The van der Waals surface area contributed by atoms with Gasteiger partial charge in [0.15, 0.2) is 0 Å². The van der Waals surface area contributed by atoms with Gasteiger partial charge in [0.1, 0.15) is 5.82 Å². The molecule has 0 aliphatic heterocycles. The van der Waals surface area contributed by atoms with E-state index in [0.717, 1.165) is 15.5 Å². The fourth-order valence-electron chi connectivity index (χ4n) is 0.887. The molecule has 0 aliphatic rings. The molecule has 0 radical (unpaired) electrons. The van der Waals surface area contributed by atoms with Crippen molar-refractivity contribution in [2.45, 2.75) is 6.92 Å². The number of hydrogen-bond donors (Lipinski definition) is 2. The van der Waals surface area contributed by atoms with Gasteiger partial charge in [0.05, 0.1) is 5.69 Å². The summed E-state index contributed by atoms with van der Waals surface area (Å²) < 4.78 is 0. The van der Waals surface area contributed by atoms with Gasteiger partial charge in [0, 0.05) is 16.0 Å². The molecule has 0 unspecified atom stereocenters. The molecule has 1 aromatic rings. The SMILES string of the molecule is C=C(S/C(C)=C\N)c1cccc(N)n1. The molecule has 4 N–H and O–H groups in total. The maximum atomic E-state index is 5.56. The zero-order valence-electron chi connectivity index (χ0n) is 8.03. The molecule has 0 atom stereocenters. The van der Waals surface area contributed by atoms with Gasteiger partial charge in [-0.1, -0.05) is 24.4 Å². The number of pyridine rings is 1. The van der Waals surface area contributed by atoms with Crippen molar-refractivity contribution in [2.75, 3.05) is 5.73 Å². The highest BCUT2D eigenvalue weighted by Crippen LogP contribution is 2.30. The smallest absolute Gasteiger partial charge is 0.124 e. The van der Waals surface area contributed by atoms with Crippen LogP contribution in [0.4, 0.5) is 5.82 Å². The molecule has 0 fully saturated rings. The van der Waals surface area contributed by atoms with E-state index in [9.17, 15) is 0 Å². The Kier molecular flexibility index (Phi) is 3.59. The Hall–Kier alpha value is -1.42. The van der Waals surface area contributed by atoms with Crippen LogP contribution in [-0.2, 0) is 0 Å². The normalized spacial score (nSPS) is 11.4. The third-order valence-corrected chi connectivity index (χ3v) is 2.49. The van der Waals surface area contributed by atoms with Crippen LogP contribution < -0.4 is 11.5 Å². The Labute approximate surface area is 87.9 Å². The molecule has 1 aromatic heterocycles. The van der Waals surface area contributed by atoms with Gasteiger partial charge in [-0.3, -0.25) is 0 Å². The van der Waals surface area contributed by atoms with Crippen LogP contribution in [0.5, 0.6) is 0 Å². The Morgan fingerprint density at radius 1 is 1.57 bits per heavy atom. The number of hydrogen-bond acceptors (Lipinski definition) is 4. The molecule has 0 saturated heterocycles. The van der Waals surface area contributed by atoms with Gasteiger partial charge in [0.2, 0.25) is 0 Å². The summed E-state index contributed by atoms with van der Waals surface area (Å²) in [6.45, 7) is 5.82. The number of nitrogens with zero attached hydrogens (tertiary/aromatic N) is 1.